The summed E-state index contributed by atoms with van der Waals surface area (Å²) in [5, 5.41) is 19.4. The fourth-order valence-electron chi connectivity index (χ4n) is 2.51. The van der Waals surface area contributed by atoms with Crippen LogP contribution in [0.5, 0.6) is 0 Å². The van der Waals surface area contributed by atoms with Gasteiger partial charge in [0, 0.05) is 12.7 Å². The molecule has 7 heteroatoms. The van der Waals surface area contributed by atoms with Crippen molar-refractivity contribution in [2.75, 3.05) is 11.9 Å². The van der Waals surface area contributed by atoms with Gasteiger partial charge in [0.2, 0.25) is 5.91 Å². The number of aromatic carboxylic acids is 1. The maximum Gasteiger partial charge on any atom is 0.356 e. The van der Waals surface area contributed by atoms with E-state index in [9.17, 15) is 14.7 Å². The zero-order chi connectivity index (χ0) is 15.1. The predicted molar refractivity (Wildman–Crippen MR) is 73.2 cm³/mol. The molecule has 0 bridgehead atoms. The normalized spacial score (nSPS) is 15.1. The summed E-state index contributed by atoms with van der Waals surface area (Å²) in [6.45, 7) is 0. The fourth-order valence-corrected chi connectivity index (χ4v) is 2.51. The molecule has 3 rings (SSSR count). The lowest BCUT2D eigenvalue weighted by Gasteiger charge is -2.13. The summed E-state index contributed by atoms with van der Waals surface area (Å²) in [5.74, 6) is -1.22. The van der Waals surface area contributed by atoms with Gasteiger partial charge in [-0.2, -0.15) is 0 Å². The number of H-pyrrole nitrogens is 1. The van der Waals surface area contributed by atoms with Gasteiger partial charge in [-0.25, -0.2) is 9.78 Å². The van der Waals surface area contributed by atoms with Crippen LogP contribution in [0, 0.1) is 0 Å². The van der Waals surface area contributed by atoms with Crippen molar-refractivity contribution >= 4 is 17.6 Å². The summed E-state index contributed by atoms with van der Waals surface area (Å²) >= 11 is 0. The number of rotatable bonds is 3. The minimum absolute atomic E-state index is 0.00981. The Kier molecular flexibility index (Phi) is 2.99. The van der Waals surface area contributed by atoms with E-state index >= 15 is 0 Å². The van der Waals surface area contributed by atoms with Crippen LogP contribution in [0.1, 0.15) is 33.4 Å². The first-order valence-corrected chi connectivity index (χ1v) is 6.33. The lowest BCUT2D eigenvalue weighted by Crippen LogP contribution is -2.20. The van der Waals surface area contributed by atoms with Gasteiger partial charge in [-0.15, -0.1) is 0 Å². The Morgan fingerprint density at radius 1 is 1.48 bits per heavy atom. The number of imidazole rings is 1. The second-order valence-electron chi connectivity index (χ2n) is 4.89. The molecule has 1 aliphatic rings. The molecule has 0 spiro atoms. The first kappa shape index (κ1) is 13.3. The molecule has 1 amide bonds. The van der Waals surface area contributed by atoms with Gasteiger partial charge in [0.05, 0.1) is 18.4 Å². The van der Waals surface area contributed by atoms with Crippen molar-refractivity contribution in [2.45, 2.75) is 12.5 Å². The van der Waals surface area contributed by atoms with Crippen molar-refractivity contribution in [2.24, 2.45) is 0 Å². The highest BCUT2D eigenvalue weighted by molar-refractivity contribution is 6.01. The van der Waals surface area contributed by atoms with E-state index in [2.05, 4.69) is 9.97 Å². The Labute approximate surface area is 119 Å². The molecule has 2 heterocycles. The number of nitrogens with zero attached hydrogens (tertiary/aromatic N) is 2. The van der Waals surface area contributed by atoms with Crippen LogP contribution in [0.2, 0.25) is 0 Å². The van der Waals surface area contributed by atoms with E-state index in [0.29, 0.717) is 5.56 Å². The van der Waals surface area contributed by atoms with Crippen molar-refractivity contribution in [3.8, 4) is 0 Å². The Morgan fingerprint density at radius 2 is 2.24 bits per heavy atom. The largest absolute Gasteiger partial charge is 0.476 e. The first-order valence-electron chi connectivity index (χ1n) is 6.33. The summed E-state index contributed by atoms with van der Waals surface area (Å²) in [7, 11) is 1.70. The standard InChI is InChI=1S/C14H13N3O4/c1-17-9-3-2-7(4-8(9)5-10(17)18)13(19)11-12(14(20)21)16-6-15-11/h2-4,6,13,19H,5H2,1H3,(H,15,16)(H,20,21). The Morgan fingerprint density at radius 3 is 2.95 bits per heavy atom. The van der Waals surface area contributed by atoms with Gasteiger partial charge >= 0.3 is 5.97 Å². The second kappa shape index (κ2) is 4.71. The lowest BCUT2D eigenvalue weighted by atomic mass is 10.0. The van der Waals surface area contributed by atoms with Gasteiger partial charge in [0.15, 0.2) is 5.69 Å². The number of aromatic nitrogens is 2. The number of nitrogens with one attached hydrogen (secondary N) is 1. The molecule has 21 heavy (non-hydrogen) atoms. The minimum atomic E-state index is -1.21. The van der Waals surface area contributed by atoms with Gasteiger partial charge < -0.3 is 20.1 Å². The van der Waals surface area contributed by atoms with Crippen LogP contribution in [0.15, 0.2) is 24.5 Å². The molecule has 0 aliphatic carbocycles. The fraction of sp³-hybridized carbons (Fsp3) is 0.214. The van der Waals surface area contributed by atoms with Crippen LogP contribution < -0.4 is 4.90 Å². The molecule has 1 aromatic carbocycles. The molecule has 108 valence electrons. The summed E-state index contributed by atoms with van der Waals surface area (Å²) < 4.78 is 0. The average molecular weight is 287 g/mol. The van der Waals surface area contributed by atoms with E-state index in [1.165, 1.54) is 6.33 Å². The van der Waals surface area contributed by atoms with Crippen LogP contribution in [0.25, 0.3) is 0 Å². The molecule has 1 atom stereocenters. The smallest absolute Gasteiger partial charge is 0.356 e. The minimum Gasteiger partial charge on any atom is -0.476 e. The van der Waals surface area contributed by atoms with Crippen LogP contribution in [0.3, 0.4) is 0 Å². The molecule has 7 nitrogen and oxygen atoms in total. The first-order chi connectivity index (χ1) is 9.99. The van der Waals surface area contributed by atoms with Gasteiger partial charge in [0.1, 0.15) is 6.10 Å². The van der Waals surface area contributed by atoms with E-state index < -0.39 is 12.1 Å². The quantitative estimate of drug-likeness (QED) is 0.770. The van der Waals surface area contributed by atoms with Gasteiger partial charge in [-0.3, -0.25) is 4.79 Å². The maximum atomic E-state index is 11.7. The summed E-state index contributed by atoms with van der Waals surface area (Å²) in [5.41, 5.74) is 2.05. The van der Waals surface area contributed by atoms with Crippen molar-refractivity contribution in [3.05, 3.63) is 47.0 Å². The molecule has 0 fully saturated rings. The third kappa shape index (κ3) is 2.07. The SMILES string of the molecule is CN1C(=O)Cc2cc(C(O)c3[nH]cnc3C(=O)O)ccc21. The van der Waals surface area contributed by atoms with Crippen molar-refractivity contribution in [1.29, 1.82) is 0 Å². The number of aromatic amines is 1. The number of aliphatic hydroxyl groups is 1. The van der Waals surface area contributed by atoms with E-state index in [1.807, 2.05) is 0 Å². The Hall–Kier alpha value is -2.67. The third-order valence-corrected chi connectivity index (χ3v) is 3.64. The number of hydrogen-bond donors (Lipinski definition) is 3. The van der Waals surface area contributed by atoms with Crippen LogP contribution in [-0.2, 0) is 11.2 Å². The third-order valence-electron chi connectivity index (χ3n) is 3.64. The zero-order valence-electron chi connectivity index (χ0n) is 11.2. The molecule has 2 aromatic rings. The number of hydrogen-bond acceptors (Lipinski definition) is 4. The van der Waals surface area contributed by atoms with Crippen molar-refractivity contribution in [1.82, 2.24) is 9.97 Å². The highest BCUT2D eigenvalue weighted by atomic mass is 16.4. The number of carboxylic acid groups (broad SMARTS) is 1. The van der Waals surface area contributed by atoms with Crippen LogP contribution in [0.4, 0.5) is 5.69 Å². The average Bonchev–Trinajstić information content (AvgIpc) is 3.04. The summed E-state index contributed by atoms with van der Waals surface area (Å²) in [6, 6.07) is 5.13. The van der Waals surface area contributed by atoms with E-state index in [-0.39, 0.29) is 23.7 Å². The molecule has 1 aromatic heterocycles. The molecule has 0 saturated heterocycles. The van der Waals surface area contributed by atoms with Crippen molar-refractivity contribution in [3.63, 3.8) is 0 Å². The Balaban J connectivity index is 1.98. The molecule has 1 unspecified atom stereocenters. The Bertz CT molecular complexity index is 738. The summed E-state index contributed by atoms with van der Waals surface area (Å²) in [6.07, 6.45) is 0.373. The topological polar surface area (TPSA) is 107 Å². The molecular formula is C14H13N3O4. The van der Waals surface area contributed by atoms with Crippen molar-refractivity contribution < 1.29 is 19.8 Å². The predicted octanol–water partition coefficient (Wildman–Crippen LogP) is 0.708. The van der Waals surface area contributed by atoms with E-state index in [4.69, 9.17) is 5.11 Å². The molecule has 1 aliphatic heterocycles. The second-order valence-corrected chi connectivity index (χ2v) is 4.89. The van der Waals surface area contributed by atoms with Crippen LogP contribution in [-0.4, -0.2) is 39.1 Å². The zero-order valence-corrected chi connectivity index (χ0v) is 11.2. The number of likely N-dealkylation sites (N-methyl/N-ethyl adjacent to an activating group) is 1. The maximum absolute atomic E-state index is 11.7. The monoisotopic (exact) mass is 287 g/mol. The van der Waals surface area contributed by atoms with Gasteiger partial charge in [0.25, 0.3) is 0 Å². The number of fused-ring (bicyclic) bond motifs is 1. The van der Waals surface area contributed by atoms with E-state index in [0.717, 1.165) is 11.3 Å². The highest BCUT2D eigenvalue weighted by Crippen LogP contribution is 2.32. The highest BCUT2D eigenvalue weighted by Gasteiger charge is 2.27. The molecule has 3 N–H and O–H groups in total. The lowest BCUT2D eigenvalue weighted by molar-refractivity contribution is -0.117. The number of carbonyl (C=O) groups excluding carboxylic acids is 1. The number of anilines is 1. The number of carbonyl (C=O) groups is 2. The number of carboxylic acids is 1. The van der Waals surface area contributed by atoms with Crippen LogP contribution >= 0.6 is 0 Å². The molecular weight excluding hydrogens is 274 g/mol. The number of aliphatic hydroxyl groups excluding tert-OH is 1. The van der Waals surface area contributed by atoms with Gasteiger partial charge in [-0.05, 0) is 17.2 Å². The summed E-state index contributed by atoms with van der Waals surface area (Å²) in [4.78, 5) is 30.6. The molecule has 0 radical (unpaired) electrons. The molecule has 0 saturated carbocycles. The van der Waals surface area contributed by atoms with Gasteiger partial charge in [-0.1, -0.05) is 12.1 Å². The number of benzene rings is 1. The number of amides is 1. The van der Waals surface area contributed by atoms with E-state index in [1.54, 1.807) is 30.1 Å².